The molecule has 1 aromatic carbocycles. The van der Waals surface area contributed by atoms with Gasteiger partial charge in [0.2, 0.25) is 0 Å². The van der Waals surface area contributed by atoms with Gasteiger partial charge in [0.05, 0.1) is 5.69 Å². The van der Waals surface area contributed by atoms with E-state index in [0.717, 1.165) is 5.39 Å². The van der Waals surface area contributed by atoms with Crippen LogP contribution in [0.1, 0.15) is 0 Å². The predicted molar refractivity (Wildman–Crippen MR) is 70.0 cm³/mol. The van der Waals surface area contributed by atoms with E-state index in [4.69, 9.17) is 4.42 Å². The van der Waals surface area contributed by atoms with Crippen LogP contribution >= 0.6 is 0 Å². The number of hydrogen-bond acceptors (Lipinski definition) is 4. The molecule has 3 rings (SSSR count). The first kappa shape index (κ1) is 10.5. The Balaban J connectivity index is 2.14. The van der Waals surface area contributed by atoms with Crippen LogP contribution in [0.2, 0.25) is 0 Å². The van der Waals surface area contributed by atoms with E-state index < -0.39 is 0 Å². The van der Waals surface area contributed by atoms with Crippen LogP contribution in [0, 0.1) is 0 Å². The normalized spacial score (nSPS) is 10.4. The van der Waals surface area contributed by atoms with Gasteiger partial charge in [-0.2, -0.15) is 0 Å². The first-order valence-corrected chi connectivity index (χ1v) is 5.54. The van der Waals surface area contributed by atoms with Crippen molar-refractivity contribution in [2.75, 3.05) is 5.32 Å². The number of nitrogens with one attached hydrogen (secondary N) is 1. The van der Waals surface area contributed by atoms with Crippen molar-refractivity contribution in [2.45, 2.75) is 0 Å². The van der Waals surface area contributed by atoms with Crippen molar-refractivity contribution >= 4 is 22.5 Å². The summed E-state index contributed by atoms with van der Waals surface area (Å²) in [7, 11) is 0. The van der Waals surface area contributed by atoms with Crippen molar-refractivity contribution in [1.29, 1.82) is 0 Å². The highest BCUT2D eigenvalue weighted by molar-refractivity contribution is 5.91. The fourth-order valence-corrected chi connectivity index (χ4v) is 1.79. The van der Waals surface area contributed by atoms with E-state index in [9.17, 15) is 4.79 Å². The number of fused-ring (bicyclic) bond motifs is 1. The van der Waals surface area contributed by atoms with E-state index >= 15 is 0 Å². The molecule has 4 heteroatoms. The summed E-state index contributed by atoms with van der Waals surface area (Å²) in [6.07, 6.45) is 1.69. The molecule has 0 atom stereocenters. The highest BCUT2D eigenvalue weighted by Crippen LogP contribution is 2.23. The maximum absolute atomic E-state index is 11.5. The maximum atomic E-state index is 11.5. The Labute approximate surface area is 103 Å². The zero-order valence-corrected chi connectivity index (χ0v) is 9.46. The average molecular weight is 238 g/mol. The molecule has 2 heterocycles. The van der Waals surface area contributed by atoms with Crippen LogP contribution in [0.4, 0.5) is 11.5 Å². The number of nitrogens with zero attached hydrogens (tertiary/aromatic N) is 1. The minimum absolute atomic E-state index is 0.382. The molecule has 0 unspecified atom stereocenters. The first-order valence-electron chi connectivity index (χ1n) is 5.54. The van der Waals surface area contributed by atoms with E-state index in [2.05, 4.69) is 10.3 Å². The van der Waals surface area contributed by atoms with Gasteiger partial charge in [-0.1, -0.05) is 18.2 Å². The minimum atomic E-state index is -0.382. The van der Waals surface area contributed by atoms with Crippen molar-refractivity contribution in [3.8, 4) is 0 Å². The molecule has 0 bridgehead atoms. The Morgan fingerprint density at radius 2 is 1.89 bits per heavy atom. The topological polar surface area (TPSA) is 55.1 Å². The van der Waals surface area contributed by atoms with Crippen LogP contribution in [0.25, 0.3) is 11.0 Å². The second-order valence-electron chi connectivity index (χ2n) is 3.82. The molecule has 1 N–H and O–H groups in total. The number of hydrogen-bond donors (Lipinski definition) is 1. The molecule has 0 radical (unpaired) electrons. The number of anilines is 2. The third-order valence-electron chi connectivity index (χ3n) is 2.58. The van der Waals surface area contributed by atoms with Crippen molar-refractivity contribution in [3.63, 3.8) is 0 Å². The molecule has 2 aromatic heterocycles. The summed E-state index contributed by atoms with van der Waals surface area (Å²) >= 11 is 0. The molecule has 0 aliphatic heterocycles. The van der Waals surface area contributed by atoms with E-state index in [1.54, 1.807) is 12.3 Å². The lowest BCUT2D eigenvalue weighted by Gasteiger charge is -2.07. The monoisotopic (exact) mass is 238 g/mol. The Morgan fingerprint density at radius 1 is 1.06 bits per heavy atom. The summed E-state index contributed by atoms with van der Waals surface area (Å²) in [4.78, 5) is 15.6. The summed E-state index contributed by atoms with van der Waals surface area (Å²) in [6.45, 7) is 0. The molecular formula is C14H10N2O2. The van der Waals surface area contributed by atoms with Crippen LogP contribution in [0.15, 0.2) is 63.9 Å². The molecule has 0 amide bonds. The molecule has 4 nitrogen and oxygen atoms in total. The van der Waals surface area contributed by atoms with Crippen molar-refractivity contribution in [1.82, 2.24) is 4.98 Å². The molecule has 3 aromatic rings. The third kappa shape index (κ3) is 1.96. The Bertz CT molecular complexity index is 735. The summed E-state index contributed by atoms with van der Waals surface area (Å²) in [5.74, 6) is 0.688. The molecule has 0 fully saturated rings. The largest absolute Gasteiger partial charge is 0.423 e. The van der Waals surface area contributed by atoms with Gasteiger partial charge in [0.1, 0.15) is 11.4 Å². The number of benzene rings is 1. The smallest absolute Gasteiger partial charge is 0.338 e. The Morgan fingerprint density at radius 3 is 2.72 bits per heavy atom. The van der Waals surface area contributed by atoms with Gasteiger partial charge in [0.25, 0.3) is 0 Å². The van der Waals surface area contributed by atoms with Crippen LogP contribution in [-0.4, -0.2) is 4.98 Å². The zero-order chi connectivity index (χ0) is 12.4. The summed E-state index contributed by atoms with van der Waals surface area (Å²) in [5, 5.41) is 3.97. The highest BCUT2D eigenvalue weighted by Gasteiger charge is 2.05. The van der Waals surface area contributed by atoms with Gasteiger partial charge >= 0.3 is 5.63 Å². The first-order chi connectivity index (χ1) is 8.83. The molecular weight excluding hydrogens is 228 g/mol. The molecule has 0 aliphatic rings. The zero-order valence-electron chi connectivity index (χ0n) is 9.46. The van der Waals surface area contributed by atoms with E-state index in [-0.39, 0.29) is 5.63 Å². The second kappa shape index (κ2) is 4.33. The van der Waals surface area contributed by atoms with Gasteiger partial charge in [-0.3, -0.25) is 0 Å². The van der Waals surface area contributed by atoms with E-state index in [0.29, 0.717) is 17.1 Å². The molecule has 0 aliphatic carbocycles. The molecule has 0 saturated heterocycles. The number of para-hydroxylation sites is 1. The van der Waals surface area contributed by atoms with Gasteiger partial charge in [0, 0.05) is 17.6 Å². The molecule has 18 heavy (non-hydrogen) atoms. The van der Waals surface area contributed by atoms with Crippen LogP contribution in [0.5, 0.6) is 0 Å². The summed E-state index contributed by atoms with van der Waals surface area (Å²) < 4.78 is 5.12. The molecule has 0 spiro atoms. The molecule has 88 valence electrons. The second-order valence-corrected chi connectivity index (χ2v) is 3.82. The maximum Gasteiger partial charge on any atom is 0.338 e. The third-order valence-corrected chi connectivity index (χ3v) is 2.58. The quantitative estimate of drug-likeness (QED) is 0.697. The lowest BCUT2D eigenvalue weighted by atomic mass is 10.2. The van der Waals surface area contributed by atoms with Crippen LogP contribution < -0.4 is 10.9 Å². The fraction of sp³-hybridized carbons (Fsp3) is 0. The number of rotatable bonds is 2. The van der Waals surface area contributed by atoms with Crippen molar-refractivity contribution < 1.29 is 4.42 Å². The Hall–Kier alpha value is -2.62. The lowest BCUT2D eigenvalue weighted by Crippen LogP contribution is -2.01. The van der Waals surface area contributed by atoms with Gasteiger partial charge < -0.3 is 9.73 Å². The van der Waals surface area contributed by atoms with E-state index in [1.807, 2.05) is 36.4 Å². The summed E-state index contributed by atoms with van der Waals surface area (Å²) in [5.41, 5.74) is 0.871. The van der Waals surface area contributed by atoms with Crippen LogP contribution in [0.3, 0.4) is 0 Å². The van der Waals surface area contributed by atoms with E-state index in [1.165, 1.54) is 6.07 Å². The van der Waals surface area contributed by atoms with Crippen molar-refractivity contribution in [3.05, 3.63) is 65.1 Å². The molecule has 0 saturated carbocycles. The average Bonchev–Trinajstić information content (AvgIpc) is 2.40. The SMILES string of the molecule is O=c1cc(Nc2ccccn2)c2ccccc2o1. The minimum Gasteiger partial charge on any atom is -0.423 e. The van der Waals surface area contributed by atoms with Gasteiger partial charge in [-0.15, -0.1) is 0 Å². The van der Waals surface area contributed by atoms with Crippen LogP contribution in [-0.2, 0) is 0 Å². The predicted octanol–water partition coefficient (Wildman–Crippen LogP) is 2.93. The number of aromatic nitrogens is 1. The summed E-state index contributed by atoms with van der Waals surface area (Å²) in [6, 6.07) is 14.4. The van der Waals surface area contributed by atoms with Gasteiger partial charge in [-0.25, -0.2) is 9.78 Å². The van der Waals surface area contributed by atoms with Gasteiger partial charge in [-0.05, 0) is 24.3 Å². The highest BCUT2D eigenvalue weighted by atomic mass is 16.4. The fourth-order valence-electron chi connectivity index (χ4n) is 1.79. The standard InChI is InChI=1S/C14H10N2O2/c17-14-9-11(16-13-7-3-4-8-15-13)10-5-1-2-6-12(10)18-14/h1-9H,(H,15,16). The number of pyridine rings is 1. The van der Waals surface area contributed by atoms with Gasteiger partial charge in [0.15, 0.2) is 0 Å². The lowest BCUT2D eigenvalue weighted by molar-refractivity contribution is 0.561. The van der Waals surface area contributed by atoms with Crippen molar-refractivity contribution in [2.24, 2.45) is 0 Å². The Kier molecular flexibility index (Phi) is 2.53.